The molecule has 0 atom stereocenters. The number of nitrogens with zero attached hydrogens (tertiary/aromatic N) is 1. The number of hydrogen-bond donors (Lipinski definition) is 0. The number of carbonyl (C=O) groups excluding carboxylic acids is 1. The molecule has 0 bridgehead atoms. The predicted octanol–water partition coefficient (Wildman–Crippen LogP) is 4.73. The Balaban J connectivity index is 1.63. The number of hydrogen-bond acceptors (Lipinski definition) is 2. The molecule has 0 amide bonds. The maximum Gasteiger partial charge on any atom is 0.185 e. The van der Waals surface area contributed by atoms with E-state index in [1.807, 2.05) is 73.1 Å². The average molecular weight is 322 g/mol. The summed E-state index contributed by atoms with van der Waals surface area (Å²) in [6.07, 6.45) is 18.9. The van der Waals surface area contributed by atoms with Crippen molar-refractivity contribution in [2.45, 2.75) is 6.54 Å². The second kappa shape index (κ2) is 7.12. The molecule has 1 aliphatic heterocycles. The summed E-state index contributed by atoms with van der Waals surface area (Å²) in [5.41, 5.74) is 2.95. The summed E-state index contributed by atoms with van der Waals surface area (Å²) in [5.74, 6) is 0.0393. The molecule has 1 heterocycles. The molecule has 1 aliphatic carbocycles. The molecular formula is C20H16ClNO. The van der Waals surface area contributed by atoms with E-state index in [1.54, 1.807) is 12.2 Å². The number of allylic oxidation sites excluding steroid dienone is 10. The highest BCUT2D eigenvalue weighted by Gasteiger charge is 2.05. The molecule has 2 aliphatic rings. The van der Waals surface area contributed by atoms with Crippen LogP contribution in [0.2, 0.25) is 5.02 Å². The second-order valence-electron chi connectivity index (χ2n) is 5.30. The van der Waals surface area contributed by atoms with Gasteiger partial charge in [-0.25, -0.2) is 0 Å². The number of ketones is 1. The Morgan fingerprint density at radius 2 is 1.61 bits per heavy atom. The van der Waals surface area contributed by atoms with Gasteiger partial charge in [0.15, 0.2) is 5.78 Å². The monoisotopic (exact) mass is 321 g/mol. The van der Waals surface area contributed by atoms with Crippen LogP contribution in [0.15, 0.2) is 96.4 Å². The number of benzene rings is 1. The lowest BCUT2D eigenvalue weighted by molar-refractivity contribution is -0.111. The van der Waals surface area contributed by atoms with Crippen LogP contribution in [-0.4, -0.2) is 10.7 Å². The molecule has 3 heteroatoms. The Morgan fingerprint density at radius 3 is 2.30 bits per heavy atom. The Bertz CT molecular complexity index is 760. The highest BCUT2D eigenvalue weighted by atomic mass is 35.5. The molecule has 0 N–H and O–H groups in total. The summed E-state index contributed by atoms with van der Waals surface area (Å²) in [6.45, 7) is 0.796. The zero-order chi connectivity index (χ0) is 16.1. The molecule has 23 heavy (non-hydrogen) atoms. The number of rotatable bonds is 3. The van der Waals surface area contributed by atoms with E-state index in [0.29, 0.717) is 5.57 Å². The van der Waals surface area contributed by atoms with E-state index in [0.717, 1.165) is 17.1 Å². The van der Waals surface area contributed by atoms with Gasteiger partial charge in [-0.05, 0) is 41.5 Å². The first-order valence-electron chi connectivity index (χ1n) is 7.38. The Hall–Kier alpha value is -2.58. The van der Waals surface area contributed by atoms with Crippen LogP contribution >= 0.6 is 11.6 Å². The molecule has 3 rings (SSSR count). The summed E-state index contributed by atoms with van der Waals surface area (Å²) in [5, 5.41) is 0.748. The van der Waals surface area contributed by atoms with Gasteiger partial charge in [0.1, 0.15) is 0 Å². The first-order valence-corrected chi connectivity index (χ1v) is 7.76. The van der Waals surface area contributed by atoms with Crippen LogP contribution in [0, 0.1) is 0 Å². The fourth-order valence-corrected chi connectivity index (χ4v) is 2.42. The van der Waals surface area contributed by atoms with Gasteiger partial charge in [-0.15, -0.1) is 0 Å². The van der Waals surface area contributed by atoms with E-state index < -0.39 is 0 Å². The molecule has 0 saturated heterocycles. The van der Waals surface area contributed by atoms with E-state index in [-0.39, 0.29) is 5.78 Å². The quantitative estimate of drug-likeness (QED) is 0.750. The SMILES string of the molecule is O=C1C=CC=CC1=CC=C1C=CN(Cc2ccc(Cl)cc2)C=C1. The summed E-state index contributed by atoms with van der Waals surface area (Å²) in [6, 6.07) is 7.84. The van der Waals surface area contributed by atoms with Crippen LogP contribution in [0.5, 0.6) is 0 Å². The van der Waals surface area contributed by atoms with E-state index in [2.05, 4.69) is 4.90 Å². The molecule has 0 aromatic heterocycles. The van der Waals surface area contributed by atoms with Gasteiger partial charge >= 0.3 is 0 Å². The molecule has 0 saturated carbocycles. The van der Waals surface area contributed by atoms with E-state index in [4.69, 9.17) is 11.6 Å². The minimum atomic E-state index is 0.0393. The fourth-order valence-electron chi connectivity index (χ4n) is 2.29. The van der Waals surface area contributed by atoms with Gasteiger partial charge in [-0.1, -0.05) is 54.1 Å². The van der Waals surface area contributed by atoms with Gasteiger partial charge in [-0.2, -0.15) is 0 Å². The summed E-state index contributed by atoms with van der Waals surface area (Å²) >= 11 is 5.90. The zero-order valence-electron chi connectivity index (χ0n) is 12.5. The van der Waals surface area contributed by atoms with Crippen molar-refractivity contribution in [3.8, 4) is 0 Å². The molecule has 0 unspecified atom stereocenters. The van der Waals surface area contributed by atoms with Crippen LogP contribution in [0.25, 0.3) is 0 Å². The fraction of sp³-hybridized carbons (Fsp3) is 0.0500. The molecule has 0 fully saturated rings. The third kappa shape index (κ3) is 4.21. The van der Waals surface area contributed by atoms with Gasteiger partial charge in [0, 0.05) is 29.5 Å². The molecule has 1 aromatic rings. The molecule has 2 nitrogen and oxygen atoms in total. The van der Waals surface area contributed by atoms with Crippen LogP contribution in [0.3, 0.4) is 0 Å². The van der Waals surface area contributed by atoms with Gasteiger partial charge in [-0.3, -0.25) is 4.79 Å². The lowest BCUT2D eigenvalue weighted by Gasteiger charge is -2.18. The van der Waals surface area contributed by atoms with Gasteiger partial charge in [0.25, 0.3) is 0 Å². The first-order chi connectivity index (χ1) is 11.2. The third-order valence-electron chi connectivity index (χ3n) is 3.57. The summed E-state index contributed by atoms with van der Waals surface area (Å²) in [4.78, 5) is 13.8. The van der Waals surface area contributed by atoms with Crippen molar-refractivity contribution in [2.24, 2.45) is 0 Å². The van der Waals surface area contributed by atoms with E-state index >= 15 is 0 Å². The predicted molar refractivity (Wildman–Crippen MR) is 94.7 cm³/mol. The molecule has 0 radical (unpaired) electrons. The minimum Gasteiger partial charge on any atom is -0.350 e. The maximum absolute atomic E-state index is 11.7. The lowest BCUT2D eigenvalue weighted by Crippen LogP contribution is -2.11. The molecule has 1 aromatic carbocycles. The topological polar surface area (TPSA) is 20.3 Å². The highest BCUT2D eigenvalue weighted by molar-refractivity contribution is 6.30. The highest BCUT2D eigenvalue weighted by Crippen LogP contribution is 2.16. The molecular weight excluding hydrogens is 306 g/mol. The van der Waals surface area contributed by atoms with Crippen LogP contribution in [0.1, 0.15) is 5.56 Å². The van der Waals surface area contributed by atoms with Crippen molar-refractivity contribution in [1.82, 2.24) is 4.90 Å². The molecule has 0 spiro atoms. The largest absolute Gasteiger partial charge is 0.350 e. The van der Waals surface area contributed by atoms with Crippen molar-refractivity contribution in [2.75, 3.05) is 0 Å². The van der Waals surface area contributed by atoms with E-state index in [1.165, 1.54) is 5.56 Å². The Kier molecular flexibility index (Phi) is 4.74. The number of carbonyl (C=O) groups is 1. The Labute approximate surface area is 141 Å². The van der Waals surface area contributed by atoms with Crippen molar-refractivity contribution >= 4 is 17.4 Å². The van der Waals surface area contributed by atoms with Crippen molar-refractivity contribution in [3.63, 3.8) is 0 Å². The third-order valence-corrected chi connectivity index (χ3v) is 3.82. The van der Waals surface area contributed by atoms with Gasteiger partial charge in [0.2, 0.25) is 0 Å². The van der Waals surface area contributed by atoms with Crippen LogP contribution < -0.4 is 0 Å². The normalized spacial score (nSPS) is 18.1. The van der Waals surface area contributed by atoms with Crippen molar-refractivity contribution < 1.29 is 4.79 Å². The zero-order valence-corrected chi connectivity index (χ0v) is 13.3. The van der Waals surface area contributed by atoms with Gasteiger partial charge < -0.3 is 4.90 Å². The van der Waals surface area contributed by atoms with E-state index in [9.17, 15) is 4.79 Å². The maximum atomic E-state index is 11.7. The summed E-state index contributed by atoms with van der Waals surface area (Å²) < 4.78 is 0. The lowest BCUT2D eigenvalue weighted by atomic mass is 10.0. The smallest absolute Gasteiger partial charge is 0.185 e. The standard InChI is InChI=1S/C20H16ClNO/c21-19-9-6-17(7-10-19)15-22-13-11-16(12-14-22)5-8-18-3-1-2-4-20(18)23/h1-14H,15H2. The van der Waals surface area contributed by atoms with Crippen LogP contribution in [0.4, 0.5) is 0 Å². The Morgan fingerprint density at radius 1 is 0.913 bits per heavy atom. The van der Waals surface area contributed by atoms with Gasteiger partial charge in [0.05, 0.1) is 0 Å². The number of halogens is 1. The van der Waals surface area contributed by atoms with Crippen LogP contribution in [-0.2, 0) is 11.3 Å². The first kappa shape index (κ1) is 15.3. The summed E-state index contributed by atoms with van der Waals surface area (Å²) in [7, 11) is 0. The average Bonchev–Trinajstić information content (AvgIpc) is 2.58. The second-order valence-corrected chi connectivity index (χ2v) is 5.74. The molecule has 114 valence electrons. The van der Waals surface area contributed by atoms with Crippen molar-refractivity contribution in [1.29, 1.82) is 0 Å². The minimum absolute atomic E-state index is 0.0393. The van der Waals surface area contributed by atoms with Crippen molar-refractivity contribution in [3.05, 3.63) is 107 Å².